The third-order valence-electron chi connectivity index (χ3n) is 1.82. The minimum Gasteiger partial charge on any atom is -0.313 e. The van der Waals surface area contributed by atoms with Crippen molar-refractivity contribution in [2.75, 3.05) is 11.9 Å². The van der Waals surface area contributed by atoms with Gasteiger partial charge in [-0.3, -0.25) is 0 Å². The van der Waals surface area contributed by atoms with E-state index >= 15 is 0 Å². The monoisotopic (exact) mass is 295 g/mol. The average molecular weight is 297 g/mol. The van der Waals surface area contributed by atoms with Gasteiger partial charge in [-0.1, -0.05) is 45.2 Å². The van der Waals surface area contributed by atoms with Crippen molar-refractivity contribution in [1.29, 1.82) is 0 Å². The fourth-order valence-electron chi connectivity index (χ4n) is 1.08. The molecule has 1 N–H and O–H groups in total. The van der Waals surface area contributed by atoms with Crippen LogP contribution in [0.3, 0.4) is 0 Å². The highest BCUT2D eigenvalue weighted by Crippen LogP contribution is 2.20. The number of hydrogen-bond acceptors (Lipinski definition) is 1. The van der Waals surface area contributed by atoms with Gasteiger partial charge in [0.15, 0.2) is 0 Å². The molecule has 14 heavy (non-hydrogen) atoms. The van der Waals surface area contributed by atoms with Crippen LogP contribution in [0.2, 0.25) is 10.0 Å². The fourth-order valence-corrected chi connectivity index (χ4v) is 1.84. The van der Waals surface area contributed by atoms with Crippen LogP contribution < -0.4 is 5.32 Å². The van der Waals surface area contributed by atoms with E-state index in [0.29, 0.717) is 5.02 Å². The summed E-state index contributed by atoms with van der Waals surface area (Å²) in [4.78, 5) is 0. The Morgan fingerprint density at radius 2 is 2.07 bits per heavy atom. The van der Waals surface area contributed by atoms with Crippen molar-refractivity contribution in [2.24, 2.45) is 0 Å². The highest BCUT2D eigenvalue weighted by atomic mass is 79.9. The number of rotatable bonds is 5. The van der Waals surface area contributed by atoms with E-state index in [1.54, 1.807) is 6.07 Å². The van der Waals surface area contributed by atoms with Gasteiger partial charge in [0.05, 0.1) is 0 Å². The molecule has 0 saturated carbocycles. The topological polar surface area (TPSA) is 12.0 Å². The Labute approximate surface area is 103 Å². The van der Waals surface area contributed by atoms with E-state index in [-0.39, 0.29) is 0 Å². The Balaban J connectivity index is 2.42. The largest absolute Gasteiger partial charge is 0.313 e. The summed E-state index contributed by atoms with van der Waals surface area (Å²) in [5, 5.41) is 5.73. The summed E-state index contributed by atoms with van der Waals surface area (Å²) in [6.45, 7) is 1.78. The van der Waals surface area contributed by atoms with Gasteiger partial charge in [0, 0.05) is 21.9 Å². The molecule has 0 radical (unpaired) electrons. The molecular weight excluding hydrogens is 285 g/mol. The van der Waals surface area contributed by atoms with Gasteiger partial charge in [-0.15, -0.1) is 0 Å². The summed E-state index contributed by atoms with van der Waals surface area (Å²) < 4.78 is 0. The Hall–Kier alpha value is 0.240. The summed E-state index contributed by atoms with van der Waals surface area (Å²) in [6.07, 6.45) is 1.12. The second-order valence-electron chi connectivity index (χ2n) is 2.96. The van der Waals surface area contributed by atoms with E-state index in [4.69, 9.17) is 23.2 Å². The fraction of sp³-hybridized carbons (Fsp3) is 0.400. The standard InChI is InChI=1S/C10H12BrCl2N/c11-4-1-5-14-7-8-2-3-9(12)6-10(8)13/h2-3,6,14H,1,4-5,7H2. The Bertz CT molecular complexity index is 291. The first-order valence-corrected chi connectivity index (χ1v) is 6.32. The second kappa shape index (κ2) is 6.67. The van der Waals surface area contributed by atoms with E-state index in [2.05, 4.69) is 21.2 Å². The molecule has 0 atom stereocenters. The van der Waals surface area contributed by atoms with E-state index < -0.39 is 0 Å². The molecule has 0 amide bonds. The van der Waals surface area contributed by atoms with Gasteiger partial charge in [0.25, 0.3) is 0 Å². The Morgan fingerprint density at radius 3 is 2.71 bits per heavy atom. The zero-order valence-corrected chi connectivity index (χ0v) is 10.8. The lowest BCUT2D eigenvalue weighted by Crippen LogP contribution is -2.15. The molecule has 0 aliphatic carbocycles. The van der Waals surface area contributed by atoms with Gasteiger partial charge in [-0.2, -0.15) is 0 Å². The molecular formula is C10H12BrCl2N. The van der Waals surface area contributed by atoms with Crippen LogP contribution in [-0.4, -0.2) is 11.9 Å². The minimum absolute atomic E-state index is 0.680. The highest BCUT2D eigenvalue weighted by molar-refractivity contribution is 9.09. The minimum atomic E-state index is 0.680. The molecule has 0 spiro atoms. The first kappa shape index (κ1) is 12.3. The van der Waals surface area contributed by atoms with E-state index in [1.807, 2.05) is 12.1 Å². The lowest BCUT2D eigenvalue weighted by Gasteiger charge is -2.05. The van der Waals surface area contributed by atoms with Crippen LogP contribution in [0.4, 0.5) is 0 Å². The third-order valence-corrected chi connectivity index (χ3v) is 2.97. The zero-order valence-electron chi connectivity index (χ0n) is 7.69. The summed E-state index contributed by atoms with van der Waals surface area (Å²) in [5.41, 5.74) is 1.09. The van der Waals surface area contributed by atoms with Crippen molar-refractivity contribution in [3.05, 3.63) is 33.8 Å². The first-order valence-electron chi connectivity index (χ1n) is 4.44. The smallest absolute Gasteiger partial charge is 0.0465 e. The summed E-state index contributed by atoms with van der Waals surface area (Å²) in [7, 11) is 0. The number of benzene rings is 1. The molecule has 0 heterocycles. The van der Waals surface area contributed by atoms with Crippen molar-refractivity contribution < 1.29 is 0 Å². The summed E-state index contributed by atoms with van der Waals surface area (Å²) in [5.74, 6) is 0. The maximum absolute atomic E-state index is 6.01. The molecule has 0 aliphatic heterocycles. The van der Waals surface area contributed by atoms with Gasteiger partial charge in [0.1, 0.15) is 0 Å². The molecule has 1 aromatic rings. The number of alkyl halides is 1. The quantitative estimate of drug-likeness (QED) is 0.642. The van der Waals surface area contributed by atoms with Gasteiger partial charge in [-0.25, -0.2) is 0 Å². The summed E-state index contributed by atoms with van der Waals surface area (Å²) >= 11 is 15.2. The third kappa shape index (κ3) is 4.18. The predicted molar refractivity (Wildman–Crippen MR) is 66.6 cm³/mol. The van der Waals surface area contributed by atoms with Crippen LogP contribution in [0.1, 0.15) is 12.0 Å². The lowest BCUT2D eigenvalue weighted by atomic mass is 10.2. The SMILES string of the molecule is Clc1ccc(CNCCCBr)c(Cl)c1. The molecule has 0 saturated heterocycles. The lowest BCUT2D eigenvalue weighted by molar-refractivity contribution is 0.680. The van der Waals surface area contributed by atoms with Crippen molar-refractivity contribution in [1.82, 2.24) is 5.32 Å². The Morgan fingerprint density at radius 1 is 1.29 bits per heavy atom. The van der Waals surface area contributed by atoms with Gasteiger partial charge >= 0.3 is 0 Å². The van der Waals surface area contributed by atoms with E-state index in [0.717, 1.165) is 35.4 Å². The molecule has 0 unspecified atom stereocenters. The van der Waals surface area contributed by atoms with E-state index in [1.165, 1.54) is 0 Å². The van der Waals surface area contributed by atoms with Crippen LogP contribution in [0.15, 0.2) is 18.2 Å². The molecule has 0 aliphatic rings. The highest BCUT2D eigenvalue weighted by Gasteiger charge is 1.99. The van der Waals surface area contributed by atoms with Gasteiger partial charge < -0.3 is 5.32 Å². The molecule has 1 aromatic carbocycles. The predicted octanol–water partition coefficient (Wildman–Crippen LogP) is 3.87. The normalized spacial score (nSPS) is 10.5. The van der Waals surface area contributed by atoms with Gasteiger partial charge in [0.2, 0.25) is 0 Å². The van der Waals surface area contributed by atoms with Crippen LogP contribution in [0, 0.1) is 0 Å². The average Bonchev–Trinajstić information content (AvgIpc) is 2.15. The zero-order chi connectivity index (χ0) is 10.4. The maximum Gasteiger partial charge on any atom is 0.0465 e. The van der Waals surface area contributed by atoms with Crippen LogP contribution in [-0.2, 0) is 6.54 Å². The van der Waals surface area contributed by atoms with Crippen molar-refractivity contribution in [2.45, 2.75) is 13.0 Å². The molecule has 78 valence electrons. The summed E-state index contributed by atoms with van der Waals surface area (Å²) in [6, 6.07) is 5.57. The molecule has 0 aromatic heterocycles. The van der Waals surface area contributed by atoms with Gasteiger partial charge in [-0.05, 0) is 30.7 Å². The van der Waals surface area contributed by atoms with Crippen molar-refractivity contribution in [3.63, 3.8) is 0 Å². The van der Waals surface area contributed by atoms with E-state index in [9.17, 15) is 0 Å². The Kier molecular flexibility index (Phi) is 5.87. The van der Waals surface area contributed by atoms with Crippen molar-refractivity contribution >= 4 is 39.1 Å². The first-order chi connectivity index (χ1) is 6.74. The number of halogens is 3. The number of hydrogen-bond donors (Lipinski definition) is 1. The molecule has 1 rings (SSSR count). The van der Waals surface area contributed by atoms with Crippen molar-refractivity contribution in [3.8, 4) is 0 Å². The molecule has 0 bridgehead atoms. The molecule has 4 heteroatoms. The maximum atomic E-state index is 6.01. The van der Waals surface area contributed by atoms with Crippen LogP contribution in [0.5, 0.6) is 0 Å². The number of nitrogens with one attached hydrogen (secondary N) is 1. The molecule has 1 nitrogen and oxygen atoms in total. The van der Waals surface area contributed by atoms with Crippen LogP contribution >= 0.6 is 39.1 Å². The second-order valence-corrected chi connectivity index (χ2v) is 4.59. The van der Waals surface area contributed by atoms with Crippen LogP contribution in [0.25, 0.3) is 0 Å². The molecule has 0 fully saturated rings.